The van der Waals surface area contributed by atoms with Crippen molar-refractivity contribution < 1.29 is 4.79 Å². The number of carbonyl (C=O) groups is 1. The van der Waals surface area contributed by atoms with E-state index in [-0.39, 0.29) is 11.9 Å². The number of para-hydroxylation sites is 2. The molecule has 88 valence electrons. The molecule has 1 aromatic heterocycles. The molecule has 1 atom stereocenters. The van der Waals surface area contributed by atoms with E-state index in [4.69, 9.17) is 5.73 Å². The number of carbonyl (C=O) groups excluding carboxylic acids is 1. The predicted molar refractivity (Wildman–Crippen MR) is 65.4 cm³/mol. The van der Waals surface area contributed by atoms with Crippen molar-refractivity contribution in [2.45, 2.75) is 12.5 Å². The van der Waals surface area contributed by atoms with Crippen LogP contribution in [-0.4, -0.2) is 34.0 Å². The number of hydrogen-bond acceptors (Lipinski definition) is 3. The van der Waals surface area contributed by atoms with Crippen molar-refractivity contribution in [3.05, 3.63) is 24.3 Å². The van der Waals surface area contributed by atoms with Crippen molar-refractivity contribution in [1.82, 2.24) is 14.5 Å². The largest absolute Gasteiger partial charge is 0.369 e. The quantitative estimate of drug-likeness (QED) is 0.795. The third-order valence-corrected chi connectivity index (χ3v) is 3.33. The van der Waals surface area contributed by atoms with Crippen LogP contribution < -0.4 is 5.73 Å². The molecule has 1 aromatic carbocycles. The molecular weight excluding hydrogens is 216 g/mol. The average molecular weight is 230 g/mol. The normalized spacial score (nSPS) is 20.4. The molecular formula is C12H14N4O. The minimum Gasteiger partial charge on any atom is -0.369 e. The van der Waals surface area contributed by atoms with Crippen LogP contribution in [0, 0.1) is 0 Å². The number of likely N-dealkylation sites (N-methyl/N-ethyl adjacent to an activating group) is 1. The maximum atomic E-state index is 12.0. The van der Waals surface area contributed by atoms with Crippen LogP contribution in [0.3, 0.4) is 0 Å². The first-order valence-corrected chi connectivity index (χ1v) is 5.66. The summed E-state index contributed by atoms with van der Waals surface area (Å²) in [6.45, 7) is 0.773. The zero-order valence-corrected chi connectivity index (χ0v) is 9.63. The third-order valence-electron chi connectivity index (χ3n) is 3.33. The Labute approximate surface area is 98.8 Å². The van der Waals surface area contributed by atoms with Gasteiger partial charge in [0.2, 0.25) is 11.9 Å². The zero-order chi connectivity index (χ0) is 12.0. The van der Waals surface area contributed by atoms with E-state index in [0.29, 0.717) is 5.95 Å². The summed E-state index contributed by atoms with van der Waals surface area (Å²) in [5.41, 5.74) is 7.69. The lowest BCUT2D eigenvalue weighted by Gasteiger charge is -2.13. The number of nitrogens with two attached hydrogens (primary N) is 1. The highest BCUT2D eigenvalue weighted by atomic mass is 16.2. The molecule has 0 saturated carbocycles. The molecule has 2 N–H and O–H groups in total. The number of nitrogen functional groups attached to an aromatic ring is 1. The van der Waals surface area contributed by atoms with Crippen LogP contribution in [0.25, 0.3) is 11.0 Å². The van der Waals surface area contributed by atoms with Gasteiger partial charge in [0.25, 0.3) is 0 Å². The second-order valence-electron chi connectivity index (χ2n) is 4.39. The Hall–Kier alpha value is -2.04. The fourth-order valence-corrected chi connectivity index (χ4v) is 2.43. The van der Waals surface area contributed by atoms with Crippen LogP contribution in [0.15, 0.2) is 24.3 Å². The van der Waals surface area contributed by atoms with Gasteiger partial charge in [-0.05, 0) is 18.6 Å². The number of hydrogen-bond donors (Lipinski definition) is 1. The van der Waals surface area contributed by atoms with E-state index in [1.807, 2.05) is 35.9 Å². The standard InChI is InChI=1S/C12H14N4O/c1-15-7-6-10(11(15)17)16-9-5-3-2-4-8(9)14-12(16)13/h2-5,10H,6-7H2,1H3,(H2,13,14). The summed E-state index contributed by atoms with van der Waals surface area (Å²) in [6, 6.07) is 7.51. The Kier molecular flexibility index (Phi) is 2.07. The van der Waals surface area contributed by atoms with Crippen LogP contribution in [-0.2, 0) is 4.79 Å². The van der Waals surface area contributed by atoms with Crippen LogP contribution in [0.1, 0.15) is 12.5 Å². The van der Waals surface area contributed by atoms with Gasteiger partial charge >= 0.3 is 0 Å². The summed E-state index contributed by atoms with van der Waals surface area (Å²) in [5, 5.41) is 0. The predicted octanol–water partition coefficient (Wildman–Crippen LogP) is 1.02. The number of benzene rings is 1. The molecule has 0 radical (unpaired) electrons. The van der Waals surface area contributed by atoms with E-state index in [0.717, 1.165) is 24.0 Å². The van der Waals surface area contributed by atoms with Crippen LogP contribution >= 0.6 is 0 Å². The van der Waals surface area contributed by atoms with Crippen LogP contribution in [0.4, 0.5) is 5.95 Å². The van der Waals surface area contributed by atoms with Gasteiger partial charge in [0.15, 0.2) is 0 Å². The summed E-state index contributed by atoms with van der Waals surface area (Å²) >= 11 is 0. The minimum absolute atomic E-state index is 0.111. The molecule has 1 fully saturated rings. The van der Waals surface area contributed by atoms with Gasteiger partial charge in [-0.15, -0.1) is 0 Å². The highest BCUT2D eigenvalue weighted by Gasteiger charge is 2.32. The molecule has 1 unspecified atom stereocenters. The summed E-state index contributed by atoms with van der Waals surface area (Å²) in [4.78, 5) is 18.0. The first kappa shape index (κ1) is 10.1. The van der Waals surface area contributed by atoms with E-state index >= 15 is 0 Å². The van der Waals surface area contributed by atoms with Gasteiger partial charge in [-0.2, -0.15) is 0 Å². The van der Waals surface area contributed by atoms with Crippen molar-refractivity contribution >= 4 is 22.9 Å². The SMILES string of the molecule is CN1CCC(n2c(N)nc3ccccc32)C1=O. The van der Waals surface area contributed by atoms with E-state index in [1.54, 1.807) is 4.90 Å². The molecule has 5 heteroatoms. The molecule has 1 aliphatic rings. The second-order valence-corrected chi connectivity index (χ2v) is 4.39. The molecule has 5 nitrogen and oxygen atoms in total. The number of imidazole rings is 1. The first-order chi connectivity index (χ1) is 8.18. The summed E-state index contributed by atoms with van der Waals surface area (Å²) in [6.07, 6.45) is 0.792. The van der Waals surface area contributed by atoms with Gasteiger partial charge in [0, 0.05) is 13.6 Å². The number of amides is 1. The topological polar surface area (TPSA) is 64.2 Å². The van der Waals surface area contributed by atoms with E-state index in [2.05, 4.69) is 4.98 Å². The van der Waals surface area contributed by atoms with E-state index in [1.165, 1.54) is 0 Å². The maximum absolute atomic E-state index is 12.0. The average Bonchev–Trinajstić information content (AvgIpc) is 2.80. The van der Waals surface area contributed by atoms with Crippen molar-refractivity contribution in [1.29, 1.82) is 0 Å². The van der Waals surface area contributed by atoms with Crippen LogP contribution in [0.5, 0.6) is 0 Å². The summed E-state index contributed by atoms with van der Waals surface area (Å²) < 4.78 is 1.85. The highest BCUT2D eigenvalue weighted by molar-refractivity contribution is 5.86. The van der Waals surface area contributed by atoms with Gasteiger partial charge in [-0.25, -0.2) is 4.98 Å². The van der Waals surface area contributed by atoms with Gasteiger partial charge in [0.05, 0.1) is 11.0 Å². The lowest BCUT2D eigenvalue weighted by molar-refractivity contribution is -0.129. The third kappa shape index (κ3) is 1.39. The molecule has 1 saturated heterocycles. The molecule has 2 heterocycles. The maximum Gasteiger partial charge on any atom is 0.245 e. The highest BCUT2D eigenvalue weighted by Crippen LogP contribution is 2.29. The number of likely N-dealkylation sites (tertiary alicyclic amines) is 1. The number of nitrogens with zero attached hydrogens (tertiary/aromatic N) is 3. The zero-order valence-electron chi connectivity index (χ0n) is 9.63. The van der Waals surface area contributed by atoms with Crippen molar-refractivity contribution in [3.8, 4) is 0 Å². The lowest BCUT2D eigenvalue weighted by atomic mass is 10.2. The Balaban J connectivity index is 2.17. The Bertz CT molecular complexity index is 589. The number of anilines is 1. The smallest absolute Gasteiger partial charge is 0.245 e. The number of aromatic nitrogens is 2. The van der Waals surface area contributed by atoms with Crippen LogP contribution in [0.2, 0.25) is 0 Å². The summed E-state index contributed by atoms with van der Waals surface area (Å²) in [7, 11) is 1.82. The molecule has 1 amide bonds. The Morgan fingerprint density at radius 3 is 2.88 bits per heavy atom. The second kappa shape index (κ2) is 3.48. The van der Waals surface area contributed by atoms with Gasteiger partial charge in [0.1, 0.15) is 6.04 Å². The first-order valence-electron chi connectivity index (χ1n) is 5.66. The van der Waals surface area contributed by atoms with E-state index in [9.17, 15) is 4.79 Å². The fourth-order valence-electron chi connectivity index (χ4n) is 2.43. The lowest BCUT2D eigenvalue weighted by Crippen LogP contribution is -2.25. The molecule has 2 aromatic rings. The molecule has 17 heavy (non-hydrogen) atoms. The van der Waals surface area contributed by atoms with Crippen molar-refractivity contribution in [2.75, 3.05) is 19.3 Å². The van der Waals surface area contributed by atoms with Gasteiger partial charge < -0.3 is 10.6 Å². The number of rotatable bonds is 1. The van der Waals surface area contributed by atoms with Gasteiger partial charge in [-0.3, -0.25) is 9.36 Å². The van der Waals surface area contributed by atoms with Crippen molar-refractivity contribution in [2.24, 2.45) is 0 Å². The summed E-state index contributed by atoms with van der Waals surface area (Å²) in [5.74, 6) is 0.528. The number of fused-ring (bicyclic) bond motifs is 1. The molecule has 0 aliphatic carbocycles. The van der Waals surface area contributed by atoms with Crippen molar-refractivity contribution in [3.63, 3.8) is 0 Å². The molecule has 1 aliphatic heterocycles. The van der Waals surface area contributed by atoms with E-state index < -0.39 is 0 Å². The molecule has 0 spiro atoms. The minimum atomic E-state index is -0.201. The fraction of sp³-hybridized carbons (Fsp3) is 0.333. The molecule has 0 bridgehead atoms. The monoisotopic (exact) mass is 230 g/mol. The Morgan fingerprint density at radius 2 is 2.18 bits per heavy atom. The molecule has 3 rings (SSSR count). The Morgan fingerprint density at radius 1 is 1.41 bits per heavy atom. The van der Waals surface area contributed by atoms with Gasteiger partial charge in [-0.1, -0.05) is 12.1 Å².